The Bertz CT molecular complexity index is 401. The first-order chi connectivity index (χ1) is 6.43. The Labute approximate surface area is 87.0 Å². The number of aromatic nitrogens is 2. The third kappa shape index (κ3) is 2.97. The minimum absolute atomic E-state index is 0.00229. The molecule has 1 aromatic heterocycles. The van der Waals surface area contributed by atoms with Crippen LogP contribution in [0.4, 0.5) is 0 Å². The van der Waals surface area contributed by atoms with Gasteiger partial charge in [-0.3, -0.25) is 4.68 Å². The van der Waals surface area contributed by atoms with Gasteiger partial charge in [0.1, 0.15) is 4.90 Å². The molecule has 0 saturated heterocycles. The molecule has 1 heterocycles. The maximum absolute atomic E-state index is 10.9. The average Bonchev–Trinajstić information content (AvgIpc) is 2.51. The number of rotatable bonds is 4. The van der Waals surface area contributed by atoms with Crippen LogP contribution in [-0.4, -0.2) is 31.4 Å². The number of ether oxygens (including phenoxy) is 1. The molecule has 0 aliphatic rings. The number of halogens is 1. The van der Waals surface area contributed by atoms with Crippen molar-refractivity contribution in [1.82, 2.24) is 9.78 Å². The lowest BCUT2D eigenvalue weighted by atomic mass is 10.4. The van der Waals surface area contributed by atoms with Crippen LogP contribution in [0.1, 0.15) is 6.92 Å². The highest BCUT2D eigenvalue weighted by molar-refractivity contribution is 8.13. The number of hydrogen-bond acceptors (Lipinski definition) is 4. The van der Waals surface area contributed by atoms with Crippen molar-refractivity contribution in [2.24, 2.45) is 0 Å². The Kier molecular flexibility index (Phi) is 3.52. The van der Waals surface area contributed by atoms with Gasteiger partial charge in [0.25, 0.3) is 9.05 Å². The summed E-state index contributed by atoms with van der Waals surface area (Å²) in [5.74, 6) is 0. The van der Waals surface area contributed by atoms with Gasteiger partial charge in [-0.25, -0.2) is 8.42 Å². The molecule has 0 bridgehead atoms. The molecular weight excluding hydrogens is 228 g/mol. The highest BCUT2D eigenvalue weighted by atomic mass is 35.7. The van der Waals surface area contributed by atoms with Crippen molar-refractivity contribution in [3.8, 4) is 0 Å². The molecule has 0 unspecified atom stereocenters. The molecule has 0 radical (unpaired) electrons. The molecule has 80 valence electrons. The molecule has 7 heteroatoms. The monoisotopic (exact) mass is 238 g/mol. The Morgan fingerprint density at radius 1 is 1.71 bits per heavy atom. The van der Waals surface area contributed by atoms with Crippen LogP contribution in [0.5, 0.6) is 0 Å². The number of nitrogens with zero attached hydrogens (tertiary/aromatic N) is 2. The quantitative estimate of drug-likeness (QED) is 0.730. The molecular formula is C7H11ClN2O3S. The summed E-state index contributed by atoms with van der Waals surface area (Å²) in [6.45, 7) is 2.35. The zero-order chi connectivity index (χ0) is 10.8. The summed E-state index contributed by atoms with van der Waals surface area (Å²) in [6, 6.07) is 0. The van der Waals surface area contributed by atoms with Crippen molar-refractivity contribution in [3.05, 3.63) is 12.4 Å². The highest BCUT2D eigenvalue weighted by Gasteiger charge is 2.13. The summed E-state index contributed by atoms with van der Waals surface area (Å²) < 4.78 is 28.2. The molecule has 1 rings (SSSR count). The van der Waals surface area contributed by atoms with E-state index in [1.165, 1.54) is 17.1 Å². The van der Waals surface area contributed by atoms with E-state index in [0.717, 1.165) is 0 Å². The zero-order valence-electron chi connectivity index (χ0n) is 7.84. The van der Waals surface area contributed by atoms with E-state index in [-0.39, 0.29) is 11.0 Å². The normalized spacial score (nSPS) is 14.2. The molecule has 0 amide bonds. The Morgan fingerprint density at radius 2 is 2.36 bits per heavy atom. The van der Waals surface area contributed by atoms with Crippen LogP contribution in [0, 0.1) is 0 Å². The van der Waals surface area contributed by atoms with Crippen molar-refractivity contribution in [2.75, 3.05) is 7.11 Å². The van der Waals surface area contributed by atoms with Crippen LogP contribution in [0.25, 0.3) is 0 Å². The van der Waals surface area contributed by atoms with E-state index in [0.29, 0.717) is 6.54 Å². The van der Waals surface area contributed by atoms with E-state index in [1.807, 2.05) is 6.92 Å². The molecule has 0 spiro atoms. The fourth-order valence-electron chi connectivity index (χ4n) is 0.908. The van der Waals surface area contributed by atoms with E-state index in [9.17, 15) is 8.42 Å². The third-order valence-electron chi connectivity index (χ3n) is 1.74. The molecule has 0 saturated carbocycles. The minimum atomic E-state index is -3.68. The van der Waals surface area contributed by atoms with Crippen molar-refractivity contribution < 1.29 is 13.2 Å². The van der Waals surface area contributed by atoms with Crippen molar-refractivity contribution >= 4 is 19.7 Å². The summed E-state index contributed by atoms with van der Waals surface area (Å²) in [7, 11) is 3.03. The van der Waals surface area contributed by atoms with Gasteiger partial charge in [-0.1, -0.05) is 0 Å². The average molecular weight is 239 g/mol. The summed E-state index contributed by atoms with van der Waals surface area (Å²) in [5, 5.41) is 3.84. The molecule has 0 aliphatic heterocycles. The lowest BCUT2D eigenvalue weighted by molar-refractivity contribution is 0.0997. The first-order valence-electron chi connectivity index (χ1n) is 3.93. The first-order valence-corrected chi connectivity index (χ1v) is 6.24. The predicted molar refractivity (Wildman–Crippen MR) is 51.7 cm³/mol. The Morgan fingerprint density at radius 3 is 2.79 bits per heavy atom. The predicted octanol–water partition coefficient (Wildman–Crippen LogP) is 0.846. The highest BCUT2D eigenvalue weighted by Crippen LogP contribution is 2.13. The van der Waals surface area contributed by atoms with Crippen molar-refractivity contribution in [2.45, 2.75) is 24.5 Å². The van der Waals surface area contributed by atoms with Crippen LogP contribution >= 0.6 is 10.7 Å². The van der Waals surface area contributed by atoms with Gasteiger partial charge in [-0.2, -0.15) is 5.10 Å². The third-order valence-corrected chi connectivity index (χ3v) is 3.05. The van der Waals surface area contributed by atoms with Gasteiger partial charge in [-0.15, -0.1) is 0 Å². The van der Waals surface area contributed by atoms with E-state index < -0.39 is 9.05 Å². The first kappa shape index (κ1) is 11.5. The second kappa shape index (κ2) is 4.29. The summed E-state index contributed by atoms with van der Waals surface area (Å²) >= 11 is 0. The van der Waals surface area contributed by atoms with Gasteiger partial charge in [0.05, 0.1) is 18.8 Å². The zero-order valence-corrected chi connectivity index (χ0v) is 9.42. The fourth-order valence-corrected chi connectivity index (χ4v) is 1.57. The van der Waals surface area contributed by atoms with Gasteiger partial charge in [0, 0.05) is 24.0 Å². The maximum atomic E-state index is 10.9. The topological polar surface area (TPSA) is 61.2 Å². The Balaban J connectivity index is 2.79. The van der Waals surface area contributed by atoms with Gasteiger partial charge < -0.3 is 4.74 Å². The van der Waals surface area contributed by atoms with E-state index >= 15 is 0 Å². The maximum Gasteiger partial charge on any atom is 0.264 e. The SMILES string of the molecule is CO[C@H](C)Cn1cc(S(=O)(=O)Cl)cn1. The lowest BCUT2D eigenvalue weighted by Gasteiger charge is -2.08. The smallest absolute Gasteiger partial charge is 0.264 e. The minimum Gasteiger partial charge on any atom is -0.380 e. The molecule has 5 nitrogen and oxygen atoms in total. The van der Waals surface area contributed by atoms with E-state index in [4.69, 9.17) is 15.4 Å². The van der Waals surface area contributed by atoms with Crippen LogP contribution in [0.15, 0.2) is 17.3 Å². The van der Waals surface area contributed by atoms with Crippen LogP contribution in [-0.2, 0) is 20.3 Å². The number of methoxy groups -OCH3 is 1. The van der Waals surface area contributed by atoms with Crippen LogP contribution < -0.4 is 0 Å². The van der Waals surface area contributed by atoms with E-state index in [2.05, 4.69) is 5.10 Å². The van der Waals surface area contributed by atoms with Gasteiger partial charge in [0.2, 0.25) is 0 Å². The van der Waals surface area contributed by atoms with Gasteiger partial charge in [-0.05, 0) is 6.92 Å². The molecule has 14 heavy (non-hydrogen) atoms. The standard InChI is InChI=1S/C7H11ClN2O3S/c1-6(13-2)4-10-5-7(3-9-10)14(8,11)12/h3,5-6H,4H2,1-2H3/t6-/m1/s1. The number of hydrogen-bond donors (Lipinski definition) is 0. The largest absolute Gasteiger partial charge is 0.380 e. The second-order valence-corrected chi connectivity index (χ2v) is 5.45. The Hall–Kier alpha value is -0.590. The fraction of sp³-hybridized carbons (Fsp3) is 0.571. The van der Waals surface area contributed by atoms with Crippen molar-refractivity contribution in [1.29, 1.82) is 0 Å². The summed E-state index contributed by atoms with van der Waals surface area (Å²) in [4.78, 5) is 0.00229. The van der Waals surface area contributed by atoms with Gasteiger partial charge >= 0.3 is 0 Å². The molecule has 1 atom stereocenters. The summed E-state index contributed by atoms with van der Waals surface area (Å²) in [5.41, 5.74) is 0. The molecule has 0 N–H and O–H groups in total. The molecule has 1 aromatic rings. The van der Waals surface area contributed by atoms with Crippen molar-refractivity contribution in [3.63, 3.8) is 0 Å². The second-order valence-electron chi connectivity index (χ2n) is 2.88. The molecule has 0 fully saturated rings. The summed E-state index contributed by atoms with van der Waals surface area (Å²) in [6.07, 6.45) is 2.56. The lowest BCUT2D eigenvalue weighted by Crippen LogP contribution is -2.14. The van der Waals surface area contributed by atoms with Gasteiger partial charge in [0.15, 0.2) is 0 Å². The molecule has 0 aliphatic carbocycles. The van der Waals surface area contributed by atoms with Crippen LogP contribution in [0.3, 0.4) is 0 Å². The molecule has 0 aromatic carbocycles. The van der Waals surface area contributed by atoms with Crippen LogP contribution in [0.2, 0.25) is 0 Å². The van der Waals surface area contributed by atoms with E-state index in [1.54, 1.807) is 7.11 Å².